The van der Waals surface area contributed by atoms with Crippen molar-refractivity contribution in [3.63, 3.8) is 0 Å². The van der Waals surface area contributed by atoms with E-state index in [0.717, 1.165) is 21.7 Å². The highest BCUT2D eigenvalue weighted by Crippen LogP contribution is 2.22. The molecular weight excluding hydrogens is 364 g/mol. The molecule has 2 rings (SSSR count). The van der Waals surface area contributed by atoms with Crippen molar-refractivity contribution < 1.29 is 17.9 Å². The third kappa shape index (κ3) is 5.72. The molecule has 146 valence electrons. The van der Waals surface area contributed by atoms with E-state index in [-0.39, 0.29) is 18.5 Å². The fourth-order valence-electron chi connectivity index (χ4n) is 2.74. The maximum Gasteiger partial charge on any atom is 0.241 e. The van der Waals surface area contributed by atoms with Crippen molar-refractivity contribution in [1.82, 2.24) is 5.32 Å². The molecule has 0 saturated heterocycles. The molecule has 27 heavy (non-hydrogen) atoms. The van der Waals surface area contributed by atoms with Crippen LogP contribution in [0.15, 0.2) is 48.5 Å². The summed E-state index contributed by atoms with van der Waals surface area (Å²) >= 11 is 0. The van der Waals surface area contributed by atoms with Gasteiger partial charge in [0.25, 0.3) is 0 Å². The molecule has 2 aromatic carbocycles. The second kappa shape index (κ2) is 8.90. The maximum atomic E-state index is 12.6. The molecule has 0 fully saturated rings. The summed E-state index contributed by atoms with van der Waals surface area (Å²) in [5.41, 5.74) is 2.55. The molecule has 0 aromatic heterocycles. The van der Waals surface area contributed by atoms with Gasteiger partial charge >= 0.3 is 0 Å². The van der Waals surface area contributed by atoms with Crippen LogP contribution in [0.2, 0.25) is 0 Å². The Morgan fingerprint density at radius 3 is 2.19 bits per heavy atom. The predicted molar refractivity (Wildman–Crippen MR) is 108 cm³/mol. The Labute approximate surface area is 161 Å². The highest BCUT2D eigenvalue weighted by Gasteiger charge is 2.22. The van der Waals surface area contributed by atoms with Gasteiger partial charge in [-0.25, -0.2) is 8.42 Å². The summed E-state index contributed by atoms with van der Waals surface area (Å²) in [6.45, 7) is 3.69. The number of hydrogen-bond donors (Lipinski definition) is 1. The van der Waals surface area contributed by atoms with Crippen LogP contribution in [-0.4, -0.2) is 34.2 Å². The number of nitrogens with zero attached hydrogens (tertiary/aromatic N) is 1. The number of carbonyl (C=O) groups excluding carboxylic acids is 1. The average molecular weight is 391 g/mol. The van der Waals surface area contributed by atoms with Crippen LogP contribution in [0.5, 0.6) is 5.75 Å². The number of rotatable bonds is 8. The number of benzene rings is 2. The van der Waals surface area contributed by atoms with E-state index in [2.05, 4.69) is 5.32 Å². The summed E-state index contributed by atoms with van der Waals surface area (Å²) in [5.74, 6) is 0.255. The highest BCUT2D eigenvalue weighted by atomic mass is 32.2. The van der Waals surface area contributed by atoms with E-state index in [0.29, 0.717) is 17.9 Å². The van der Waals surface area contributed by atoms with Gasteiger partial charge in [-0.3, -0.25) is 9.10 Å². The molecule has 1 amide bonds. The van der Waals surface area contributed by atoms with Crippen LogP contribution in [0.1, 0.15) is 30.5 Å². The standard InChI is InChI=1S/C20H26N2O4S/c1-5-19(16-8-6-15(2)7-9-16)21-20(23)14-22(27(4,24)25)17-10-12-18(26-3)13-11-17/h6-13,19H,5,14H2,1-4H3,(H,21,23)/t19-/m1/s1. The van der Waals surface area contributed by atoms with Gasteiger partial charge in [-0.05, 0) is 43.2 Å². The number of carbonyl (C=O) groups is 1. The van der Waals surface area contributed by atoms with E-state index in [1.54, 1.807) is 24.3 Å². The van der Waals surface area contributed by atoms with Crippen molar-refractivity contribution in [2.45, 2.75) is 26.3 Å². The van der Waals surface area contributed by atoms with Crippen molar-refractivity contribution >= 4 is 21.6 Å². The van der Waals surface area contributed by atoms with Gasteiger partial charge < -0.3 is 10.1 Å². The molecule has 0 spiro atoms. The number of nitrogens with one attached hydrogen (secondary N) is 1. The summed E-state index contributed by atoms with van der Waals surface area (Å²) < 4.78 is 30.6. The van der Waals surface area contributed by atoms with E-state index in [1.165, 1.54) is 7.11 Å². The topological polar surface area (TPSA) is 75.7 Å². The van der Waals surface area contributed by atoms with Gasteiger partial charge in [0.2, 0.25) is 15.9 Å². The number of ether oxygens (including phenoxy) is 1. The Kier molecular flexibility index (Phi) is 6.85. The maximum absolute atomic E-state index is 12.6. The lowest BCUT2D eigenvalue weighted by atomic mass is 10.0. The van der Waals surface area contributed by atoms with Gasteiger partial charge in [0.05, 0.1) is 25.1 Å². The normalized spacial score (nSPS) is 12.3. The van der Waals surface area contributed by atoms with Crippen molar-refractivity contribution in [3.8, 4) is 5.75 Å². The predicted octanol–water partition coefficient (Wildman–Crippen LogP) is 3.04. The zero-order valence-electron chi connectivity index (χ0n) is 16.1. The highest BCUT2D eigenvalue weighted by molar-refractivity contribution is 7.92. The van der Waals surface area contributed by atoms with Crippen LogP contribution >= 0.6 is 0 Å². The number of aryl methyl sites for hydroxylation is 1. The first-order valence-corrected chi connectivity index (χ1v) is 10.6. The fourth-order valence-corrected chi connectivity index (χ4v) is 3.60. The van der Waals surface area contributed by atoms with Gasteiger partial charge in [0.1, 0.15) is 12.3 Å². The summed E-state index contributed by atoms with van der Waals surface area (Å²) in [4.78, 5) is 12.6. The van der Waals surface area contributed by atoms with E-state index >= 15 is 0 Å². The fraction of sp³-hybridized carbons (Fsp3) is 0.350. The van der Waals surface area contributed by atoms with Gasteiger partial charge in [-0.2, -0.15) is 0 Å². The number of amides is 1. The Morgan fingerprint density at radius 1 is 1.11 bits per heavy atom. The molecule has 0 saturated carbocycles. The second-order valence-corrected chi connectivity index (χ2v) is 8.31. The number of methoxy groups -OCH3 is 1. The second-order valence-electron chi connectivity index (χ2n) is 6.41. The summed E-state index contributed by atoms with van der Waals surface area (Å²) in [6.07, 6.45) is 1.79. The Bertz CT molecular complexity index is 862. The first-order chi connectivity index (χ1) is 12.7. The number of anilines is 1. The molecule has 0 heterocycles. The van der Waals surface area contributed by atoms with Crippen LogP contribution in [-0.2, 0) is 14.8 Å². The Morgan fingerprint density at radius 2 is 1.70 bits per heavy atom. The summed E-state index contributed by atoms with van der Waals surface area (Å²) in [6, 6.07) is 14.3. The van der Waals surface area contributed by atoms with E-state index in [1.807, 2.05) is 38.1 Å². The molecule has 6 nitrogen and oxygen atoms in total. The zero-order valence-corrected chi connectivity index (χ0v) is 16.9. The largest absolute Gasteiger partial charge is 0.497 e. The molecule has 2 aromatic rings. The molecule has 0 unspecified atom stereocenters. The third-order valence-corrected chi connectivity index (χ3v) is 5.41. The SMILES string of the molecule is CC[C@@H](NC(=O)CN(c1ccc(OC)cc1)S(C)(=O)=O)c1ccc(C)cc1. The van der Waals surface area contributed by atoms with Crippen LogP contribution in [0.3, 0.4) is 0 Å². The van der Waals surface area contributed by atoms with Crippen LogP contribution < -0.4 is 14.4 Å². The lowest BCUT2D eigenvalue weighted by Gasteiger charge is -2.24. The molecule has 0 bridgehead atoms. The smallest absolute Gasteiger partial charge is 0.241 e. The zero-order chi connectivity index (χ0) is 20.0. The first-order valence-electron chi connectivity index (χ1n) is 8.72. The van der Waals surface area contributed by atoms with E-state index in [9.17, 15) is 13.2 Å². The molecule has 1 N–H and O–H groups in total. The minimum Gasteiger partial charge on any atom is -0.497 e. The molecule has 0 aliphatic heterocycles. The minimum absolute atomic E-state index is 0.171. The van der Waals surface area contributed by atoms with Crippen molar-refractivity contribution in [2.75, 3.05) is 24.2 Å². The monoisotopic (exact) mass is 390 g/mol. The number of sulfonamides is 1. The third-order valence-electron chi connectivity index (χ3n) is 4.27. The van der Waals surface area contributed by atoms with Gasteiger partial charge in [-0.15, -0.1) is 0 Å². The van der Waals surface area contributed by atoms with Gasteiger partial charge in [0.15, 0.2) is 0 Å². The van der Waals surface area contributed by atoms with Crippen molar-refractivity contribution in [3.05, 3.63) is 59.7 Å². The Balaban J connectivity index is 2.16. The van der Waals surface area contributed by atoms with E-state index in [4.69, 9.17) is 4.74 Å². The quantitative estimate of drug-likeness (QED) is 0.752. The molecular formula is C20H26N2O4S. The minimum atomic E-state index is -3.61. The molecule has 1 atom stereocenters. The summed E-state index contributed by atoms with van der Waals surface area (Å²) in [7, 11) is -2.08. The molecule has 0 aliphatic rings. The van der Waals surface area contributed by atoms with E-state index < -0.39 is 10.0 Å². The lowest BCUT2D eigenvalue weighted by Crippen LogP contribution is -2.41. The lowest BCUT2D eigenvalue weighted by molar-refractivity contribution is -0.120. The molecule has 0 radical (unpaired) electrons. The van der Waals surface area contributed by atoms with Crippen LogP contribution in [0, 0.1) is 6.92 Å². The van der Waals surface area contributed by atoms with Crippen LogP contribution in [0.25, 0.3) is 0 Å². The summed E-state index contributed by atoms with van der Waals surface area (Å²) in [5, 5.41) is 2.93. The molecule has 7 heteroatoms. The average Bonchev–Trinajstić information content (AvgIpc) is 2.64. The first kappa shape index (κ1) is 20.8. The van der Waals surface area contributed by atoms with Crippen LogP contribution in [0.4, 0.5) is 5.69 Å². The molecule has 0 aliphatic carbocycles. The Hall–Kier alpha value is -2.54. The van der Waals surface area contributed by atoms with Crippen molar-refractivity contribution in [2.24, 2.45) is 0 Å². The van der Waals surface area contributed by atoms with Gasteiger partial charge in [0, 0.05) is 0 Å². The van der Waals surface area contributed by atoms with Crippen molar-refractivity contribution in [1.29, 1.82) is 0 Å². The number of hydrogen-bond acceptors (Lipinski definition) is 4. The van der Waals surface area contributed by atoms with Gasteiger partial charge in [-0.1, -0.05) is 36.8 Å².